The van der Waals surface area contributed by atoms with E-state index in [2.05, 4.69) is 58.3 Å². The first-order chi connectivity index (χ1) is 14.2. The molecule has 2 aromatic rings. The van der Waals surface area contributed by atoms with E-state index in [-0.39, 0.29) is 6.10 Å². The number of anilines is 2. The lowest BCUT2D eigenvalue weighted by atomic mass is 10.1. The Balaban J connectivity index is 1.28. The first-order valence-corrected chi connectivity index (χ1v) is 10.9. The number of piperidine rings is 1. The second kappa shape index (κ2) is 9.52. The van der Waals surface area contributed by atoms with Gasteiger partial charge in [0.15, 0.2) is 0 Å². The summed E-state index contributed by atoms with van der Waals surface area (Å²) < 4.78 is 10.9. The number of hydrogen-bond acceptors (Lipinski definition) is 6. The van der Waals surface area contributed by atoms with Gasteiger partial charge in [-0.1, -0.05) is 36.0 Å². The van der Waals surface area contributed by atoms with Crippen LogP contribution in [0.2, 0.25) is 0 Å². The number of nitrogens with zero attached hydrogens (tertiary/aromatic N) is 2. The van der Waals surface area contributed by atoms with E-state index in [1.807, 2.05) is 11.8 Å². The van der Waals surface area contributed by atoms with Crippen LogP contribution in [0.1, 0.15) is 12.8 Å². The minimum absolute atomic E-state index is 0.222. The van der Waals surface area contributed by atoms with E-state index in [0.717, 1.165) is 32.5 Å². The van der Waals surface area contributed by atoms with Gasteiger partial charge in [-0.05, 0) is 43.7 Å². The highest BCUT2D eigenvalue weighted by molar-refractivity contribution is 7.99. The fourth-order valence-corrected chi connectivity index (χ4v) is 5.02. The first-order valence-electron chi connectivity index (χ1n) is 10.0. The molecule has 0 bridgehead atoms. The van der Waals surface area contributed by atoms with Crippen molar-refractivity contribution in [3.8, 4) is 0 Å². The molecule has 4 rings (SSSR count). The van der Waals surface area contributed by atoms with Gasteiger partial charge in [-0.2, -0.15) is 0 Å². The molecule has 0 aliphatic carbocycles. The smallest absolute Gasteiger partial charge is 0.450 e. The molecule has 2 aromatic carbocycles. The van der Waals surface area contributed by atoms with Crippen molar-refractivity contribution < 1.29 is 19.4 Å². The quantitative estimate of drug-likeness (QED) is 0.530. The standard InChI is InChI=1S/C22H26N2O4S/c25-22(26)28-17-6-5-11-23(16-17)12-14-27-15-13-24-18-7-1-3-9-20(18)29-21-10-4-2-8-19(21)24/h1-4,7-10,17H,5-6,11-16H2,(H,25,26)/t17-/m1/s1. The summed E-state index contributed by atoms with van der Waals surface area (Å²) in [5, 5.41) is 8.79. The summed E-state index contributed by atoms with van der Waals surface area (Å²) in [5.74, 6) is 0. The maximum atomic E-state index is 10.7. The highest BCUT2D eigenvalue weighted by Gasteiger charge is 2.24. The van der Waals surface area contributed by atoms with E-state index in [1.165, 1.54) is 21.2 Å². The molecular weight excluding hydrogens is 388 g/mol. The lowest BCUT2D eigenvalue weighted by molar-refractivity contribution is 0.00621. The summed E-state index contributed by atoms with van der Waals surface area (Å²) in [6, 6.07) is 17.0. The Morgan fingerprint density at radius 1 is 1.03 bits per heavy atom. The SMILES string of the molecule is O=C(O)O[C@@H]1CCCN(CCOCCN2c3ccccc3Sc3ccccc32)C1. The van der Waals surface area contributed by atoms with Crippen LogP contribution in [0.15, 0.2) is 58.3 Å². The van der Waals surface area contributed by atoms with E-state index < -0.39 is 6.16 Å². The molecule has 0 spiro atoms. The van der Waals surface area contributed by atoms with Gasteiger partial charge in [0.2, 0.25) is 0 Å². The monoisotopic (exact) mass is 414 g/mol. The zero-order chi connectivity index (χ0) is 20.1. The topological polar surface area (TPSA) is 62.2 Å². The third-order valence-electron chi connectivity index (χ3n) is 5.27. The van der Waals surface area contributed by atoms with Crippen molar-refractivity contribution >= 4 is 29.3 Å². The molecule has 1 N–H and O–H groups in total. The Kier molecular flexibility index (Phi) is 6.59. The number of likely N-dealkylation sites (tertiary alicyclic amines) is 1. The maximum Gasteiger partial charge on any atom is 0.506 e. The van der Waals surface area contributed by atoms with Crippen LogP contribution in [0.5, 0.6) is 0 Å². The van der Waals surface area contributed by atoms with Crippen molar-refractivity contribution in [1.29, 1.82) is 0 Å². The molecule has 2 heterocycles. The molecule has 0 aromatic heterocycles. The molecule has 1 saturated heterocycles. The number of ether oxygens (including phenoxy) is 2. The largest absolute Gasteiger partial charge is 0.506 e. The van der Waals surface area contributed by atoms with Crippen molar-refractivity contribution in [2.75, 3.05) is 44.3 Å². The van der Waals surface area contributed by atoms with Crippen molar-refractivity contribution in [3.05, 3.63) is 48.5 Å². The number of rotatable bonds is 7. The molecule has 6 nitrogen and oxygen atoms in total. The fraction of sp³-hybridized carbons (Fsp3) is 0.409. The van der Waals surface area contributed by atoms with Crippen LogP contribution < -0.4 is 4.90 Å². The second-order valence-corrected chi connectivity index (χ2v) is 8.33. The zero-order valence-electron chi connectivity index (χ0n) is 16.3. The average molecular weight is 415 g/mol. The molecule has 2 aliphatic heterocycles. The third kappa shape index (κ3) is 5.04. The summed E-state index contributed by atoms with van der Waals surface area (Å²) in [6.45, 7) is 4.47. The summed E-state index contributed by atoms with van der Waals surface area (Å²) in [7, 11) is 0. The van der Waals surface area contributed by atoms with Crippen molar-refractivity contribution in [1.82, 2.24) is 4.90 Å². The van der Waals surface area contributed by atoms with Gasteiger partial charge >= 0.3 is 6.16 Å². The fourth-order valence-electron chi connectivity index (χ4n) is 3.93. The molecule has 1 atom stereocenters. The normalized spacial score (nSPS) is 18.8. The number of carboxylic acid groups (broad SMARTS) is 1. The van der Waals surface area contributed by atoms with Gasteiger partial charge in [-0.15, -0.1) is 0 Å². The van der Waals surface area contributed by atoms with Crippen LogP contribution in [0, 0.1) is 0 Å². The summed E-state index contributed by atoms with van der Waals surface area (Å²) >= 11 is 1.81. The van der Waals surface area contributed by atoms with E-state index >= 15 is 0 Å². The summed E-state index contributed by atoms with van der Waals surface area (Å²) in [4.78, 5) is 17.8. The summed E-state index contributed by atoms with van der Waals surface area (Å²) in [6.07, 6.45) is 0.348. The minimum Gasteiger partial charge on any atom is -0.450 e. The molecular formula is C22H26N2O4S. The van der Waals surface area contributed by atoms with E-state index in [4.69, 9.17) is 14.6 Å². The lowest BCUT2D eigenvalue weighted by Gasteiger charge is -2.33. The molecule has 7 heteroatoms. The molecule has 0 amide bonds. The number of hydrogen-bond donors (Lipinski definition) is 1. The minimum atomic E-state index is -1.19. The van der Waals surface area contributed by atoms with Crippen LogP contribution in [-0.2, 0) is 9.47 Å². The van der Waals surface area contributed by atoms with Gasteiger partial charge in [0.1, 0.15) is 6.10 Å². The lowest BCUT2D eigenvalue weighted by Crippen LogP contribution is -2.42. The Morgan fingerprint density at radius 3 is 2.38 bits per heavy atom. The van der Waals surface area contributed by atoms with Crippen LogP contribution in [-0.4, -0.2) is 61.7 Å². The molecule has 154 valence electrons. The maximum absolute atomic E-state index is 10.7. The highest BCUT2D eigenvalue weighted by Crippen LogP contribution is 2.47. The average Bonchev–Trinajstić information content (AvgIpc) is 2.72. The van der Waals surface area contributed by atoms with Crippen LogP contribution >= 0.6 is 11.8 Å². The predicted molar refractivity (Wildman–Crippen MR) is 113 cm³/mol. The van der Waals surface area contributed by atoms with Gasteiger partial charge in [-0.25, -0.2) is 4.79 Å². The van der Waals surface area contributed by atoms with Crippen LogP contribution in [0.25, 0.3) is 0 Å². The number of para-hydroxylation sites is 2. The Bertz CT molecular complexity index is 802. The van der Waals surface area contributed by atoms with Gasteiger partial charge < -0.3 is 19.5 Å². The van der Waals surface area contributed by atoms with Gasteiger partial charge in [0.05, 0.1) is 24.6 Å². The third-order valence-corrected chi connectivity index (χ3v) is 6.40. The Hall–Kier alpha value is -2.22. The van der Waals surface area contributed by atoms with Crippen molar-refractivity contribution in [2.24, 2.45) is 0 Å². The van der Waals surface area contributed by atoms with E-state index in [1.54, 1.807) is 0 Å². The molecule has 0 radical (unpaired) electrons. The Morgan fingerprint density at radius 2 is 1.69 bits per heavy atom. The van der Waals surface area contributed by atoms with Gasteiger partial charge in [0, 0.05) is 29.4 Å². The molecule has 0 saturated carbocycles. The van der Waals surface area contributed by atoms with Crippen LogP contribution in [0.3, 0.4) is 0 Å². The first kappa shape index (κ1) is 20.1. The summed E-state index contributed by atoms with van der Waals surface area (Å²) in [5.41, 5.74) is 2.45. The second-order valence-electron chi connectivity index (χ2n) is 7.25. The predicted octanol–water partition coefficient (Wildman–Crippen LogP) is 4.46. The van der Waals surface area contributed by atoms with E-state index in [9.17, 15) is 4.79 Å². The zero-order valence-corrected chi connectivity index (χ0v) is 17.1. The Labute approximate surface area is 175 Å². The highest BCUT2D eigenvalue weighted by atomic mass is 32.2. The van der Waals surface area contributed by atoms with Crippen molar-refractivity contribution in [3.63, 3.8) is 0 Å². The van der Waals surface area contributed by atoms with Crippen LogP contribution in [0.4, 0.5) is 16.2 Å². The molecule has 29 heavy (non-hydrogen) atoms. The molecule has 2 aliphatic rings. The van der Waals surface area contributed by atoms with E-state index in [0.29, 0.717) is 19.8 Å². The van der Waals surface area contributed by atoms with Gasteiger partial charge in [-0.3, -0.25) is 4.90 Å². The molecule has 0 unspecified atom stereocenters. The van der Waals surface area contributed by atoms with Gasteiger partial charge in [0.25, 0.3) is 0 Å². The number of fused-ring (bicyclic) bond motifs is 2. The molecule has 1 fully saturated rings. The van der Waals surface area contributed by atoms with Crippen molar-refractivity contribution in [2.45, 2.75) is 28.7 Å². The number of carbonyl (C=O) groups is 1. The number of benzene rings is 2.